The van der Waals surface area contributed by atoms with Crippen LogP contribution in [0.2, 0.25) is 0 Å². The molecule has 0 aliphatic rings. The summed E-state index contributed by atoms with van der Waals surface area (Å²) >= 11 is 0. The summed E-state index contributed by atoms with van der Waals surface area (Å²) in [5, 5.41) is 12.5. The normalized spacial score (nSPS) is 12.4. The lowest BCUT2D eigenvalue weighted by molar-refractivity contribution is 0.0591. The summed E-state index contributed by atoms with van der Waals surface area (Å²) in [7, 11) is 3.43. The van der Waals surface area contributed by atoms with Crippen LogP contribution in [0.15, 0.2) is 24.3 Å². The molecule has 0 heterocycles. The summed E-state index contributed by atoms with van der Waals surface area (Å²) in [6.45, 7) is 2.36. The highest BCUT2D eigenvalue weighted by atomic mass is 16.5. The molecule has 0 fully saturated rings. The Morgan fingerprint density at radius 1 is 1.26 bits per heavy atom. The first kappa shape index (κ1) is 15.9. The van der Waals surface area contributed by atoms with E-state index in [0.717, 1.165) is 11.3 Å². The maximum absolute atomic E-state index is 9.61. The second-order valence-corrected chi connectivity index (χ2v) is 4.18. The number of para-hydroxylation sites is 1. The fraction of sp³-hybridized carbons (Fsp3) is 0.571. The third-order valence-electron chi connectivity index (χ3n) is 2.53. The summed E-state index contributed by atoms with van der Waals surface area (Å²) in [4.78, 5) is 0. The van der Waals surface area contributed by atoms with Gasteiger partial charge in [0.25, 0.3) is 0 Å². The third kappa shape index (κ3) is 6.54. The van der Waals surface area contributed by atoms with Crippen LogP contribution in [0.1, 0.15) is 5.56 Å². The van der Waals surface area contributed by atoms with Crippen molar-refractivity contribution in [1.82, 2.24) is 5.32 Å². The Balaban J connectivity index is 2.43. The molecule has 0 bridgehead atoms. The van der Waals surface area contributed by atoms with Gasteiger partial charge in [0.05, 0.1) is 19.8 Å². The zero-order chi connectivity index (χ0) is 13.9. The minimum atomic E-state index is -0.521. The molecular formula is C14H23NO4. The third-order valence-corrected chi connectivity index (χ3v) is 2.53. The molecule has 2 N–H and O–H groups in total. The van der Waals surface area contributed by atoms with Gasteiger partial charge in [-0.1, -0.05) is 18.2 Å². The number of ether oxygens (including phenoxy) is 3. The van der Waals surface area contributed by atoms with Crippen LogP contribution in [-0.4, -0.2) is 51.7 Å². The lowest BCUT2D eigenvalue weighted by Crippen LogP contribution is -2.29. The van der Waals surface area contributed by atoms with Gasteiger partial charge in [-0.3, -0.25) is 0 Å². The first-order valence-corrected chi connectivity index (χ1v) is 6.38. The van der Waals surface area contributed by atoms with E-state index in [1.165, 1.54) is 0 Å². The minimum absolute atomic E-state index is 0.260. The van der Waals surface area contributed by atoms with Crippen LogP contribution in [0.25, 0.3) is 0 Å². The highest BCUT2D eigenvalue weighted by Gasteiger charge is 2.07. The summed E-state index contributed by atoms with van der Waals surface area (Å²) in [6.07, 6.45) is -0.521. The summed E-state index contributed by atoms with van der Waals surface area (Å²) < 4.78 is 16.0. The van der Waals surface area contributed by atoms with Crippen molar-refractivity contribution >= 4 is 0 Å². The maximum Gasteiger partial charge on any atom is 0.124 e. The number of aliphatic hydroxyl groups is 1. The summed E-state index contributed by atoms with van der Waals surface area (Å²) in [5.74, 6) is 0.745. The molecule has 0 aromatic heterocycles. The average molecular weight is 269 g/mol. The van der Waals surface area contributed by atoms with Crippen LogP contribution < -0.4 is 10.1 Å². The predicted molar refractivity (Wildman–Crippen MR) is 73.4 cm³/mol. The number of benzene rings is 1. The molecule has 5 nitrogen and oxygen atoms in total. The van der Waals surface area contributed by atoms with E-state index in [-0.39, 0.29) is 6.61 Å². The number of likely N-dealkylation sites (N-methyl/N-ethyl adjacent to an activating group) is 1. The van der Waals surface area contributed by atoms with Gasteiger partial charge in [0.15, 0.2) is 0 Å². The van der Waals surface area contributed by atoms with Crippen LogP contribution in [0.5, 0.6) is 5.75 Å². The van der Waals surface area contributed by atoms with Gasteiger partial charge in [-0.2, -0.15) is 0 Å². The van der Waals surface area contributed by atoms with Gasteiger partial charge in [-0.15, -0.1) is 0 Å². The molecule has 0 aliphatic carbocycles. The van der Waals surface area contributed by atoms with Crippen LogP contribution in [-0.2, 0) is 16.1 Å². The fourth-order valence-electron chi connectivity index (χ4n) is 1.57. The number of nitrogens with one attached hydrogen (secondary N) is 1. The molecule has 0 aliphatic heterocycles. The molecule has 1 rings (SSSR count). The molecule has 0 amide bonds. The Bertz CT molecular complexity index is 346. The Labute approximate surface area is 114 Å². The zero-order valence-corrected chi connectivity index (χ0v) is 11.6. The van der Waals surface area contributed by atoms with Crippen LogP contribution >= 0.6 is 0 Å². The molecule has 0 spiro atoms. The van der Waals surface area contributed by atoms with Crippen molar-refractivity contribution in [3.8, 4) is 5.75 Å². The first-order valence-electron chi connectivity index (χ1n) is 6.38. The highest BCUT2D eigenvalue weighted by molar-refractivity contribution is 5.32. The molecule has 1 atom stereocenters. The lowest BCUT2D eigenvalue weighted by Gasteiger charge is -2.14. The van der Waals surface area contributed by atoms with E-state index >= 15 is 0 Å². The molecule has 0 radical (unpaired) electrons. The van der Waals surface area contributed by atoms with E-state index in [4.69, 9.17) is 14.2 Å². The van der Waals surface area contributed by atoms with Crippen molar-refractivity contribution in [3.63, 3.8) is 0 Å². The van der Waals surface area contributed by atoms with Crippen molar-refractivity contribution in [2.24, 2.45) is 0 Å². The molecular weight excluding hydrogens is 246 g/mol. The van der Waals surface area contributed by atoms with Gasteiger partial charge in [-0.05, 0) is 13.1 Å². The predicted octanol–water partition coefficient (Wildman–Crippen LogP) is 0.809. The van der Waals surface area contributed by atoms with E-state index in [1.54, 1.807) is 14.2 Å². The van der Waals surface area contributed by atoms with Gasteiger partial charge in [0.1, 0.15) is 18.5 Å². The number of hydrogen-bond acceptors (Lipinski definition) is 5. The molecule has 1 aromatic carbocycles. The largest absolute Gasteiger partial charge is 0.490 e. The molecule has 0 saturated carbocycles. The van der Waals surface area contributed by atoms with Crippen molar-refractivity contribution in [2.45, 2.75) is 12.7 Å². The van der Waals surface area contributed by atoms with Gasteiger partial charge < -0.3 is 24.6 Å². The van der Waals surface area contributed by atoms with E-state index < -0.39 is 6.10 Å². The average Bonchev–Trinajstić information content (AvgIpc) is 2.43. The number of aliphatic hydroxyl groups excluding tert-OH is 1. The second-order valence-electron chi connectivity index (χ2n) is 4.18. The topological polar surface area (TPSA) is 60.0 Å². The molecule has 19 heavy (non-hydrogen) atoms. The molecule has 108 valence electrons. The molecule has 0 saturated heterocycles. The van der Waals surface area contributed by atoms with Crippen LogP contribution in [0, 0.1) is 0 Å². The van der Waals surface area contributed by atoms with Gasteiger partial charge in [-0.25, -0.2) is 0 Å². The zero-order valence-electron chi connectivity index (χ0n) is 11.6. The summed E-state index contributed by atoms with van der Waals surface area (Å²) in [6, 6.07) is 7.66. The maximum atomic E-state index is 9.61. The number of hydrogen-bond donors (Lipinski definition) is 2. The first-order chi connectivity index (χ1) is 9.27. The van der Waals surface area contributed by atoms with E-state index in [0.29, 0.717) is 26.4 Å². The highest BCUT2D eigenvalue weighted by Crippen LogP contribution is 2.19. The molecule has 1 aromatic rings. The van der Waals surface area contributed by atoms with E-state index in [2.05, 4.69) is 5.32 Å². The number of rotatable bonds is 10. The minimum Gasteiger partial charge on any atom is -0.490 e. The van der Waals surface area contributed by atoms with Crippen molar-refractivity contribution < 1.29 is 19.3 Å². The van der Waals surface area contributed by atoms with Crippen molar-refractivity contribution in [2.75, 3.05) is 40.5 Å². The number of methoxy groups -OCH3 is 1. The van der Waals surface area contributed by atoms with Crippen molar-refractivity contribution in [1.29, 1.82) is 0 Å². The smallest absolute Gasteiger partial charge is 0.124 e. The molecule has 1 unspecified atom stereocenters. The van der Waals surface area contributed by atoms with Crippen LogP contribution in [0.3, 0.4) is 0 Å². The van der Waals surface area contributed by atoms with E-state index in [1.807, 2.05) is 24.3 Å². The SMILES string of the molecule is CNCC(O)COc1ccccc1COCCOC. The van der Waals surface area contributed by atoms with E-state index in [9.17, 15) is 5.11 Å². The summed E-state index contributed by atoms with van der Waals surface area (Å²) in [5.41, 5.74) is 0.968. The fourth-order valence-corrected chi connectivity index (χ4v) is 1.57. The Morgan fingerprint density at radius 2 is 2.05 bits per heavy atom. The Morgan fingerprint density at radius 3 is 2.79 bits per heavy atom. The lowest BCUT2D eigenvalue weighted by atomic mass is 10.2. The van der Waals surface area contributed by atoms with Gasteiger partial charge in [0, 0.05) is 19.2 Å². The van der Waals surface area contributed by atoms with Gasteiger partial charge >= 0.3 is 0 Å². The Kier molecular flexibility index (Phi) is 8.16. The van der Waals surface area contributed by atoms with Crippen molar-refractivity contribution in [3.05, 3.63) is 29.8 Å². The Hall–Kier alpha value is -1.14. The standard InChI is InChI=1S/C14H23NO4/c1-15-9-13(16)11-19-14-6-4-3-5-12(14)10-18-8-7-17-2/h3-6,13,15-16H,7-11H2,1-2H3. The molecule has 5 heteroatoms. The van der Waals surface area contributed by atoms with Gasteiger partial charge in [0.2, 0.25) is 0 Å². The monoisotopic (exact) mass is 269 g/mol. The second kappa shape index (κ2) is 9.75. The van der Waals surface area contributed by atoms with Crippen LogP contribution in [0.4, 0.5) is 0 Å². The quantitative estimate of drug-likeness (QED) is 0.616.